The van der Waals surface area contributed by atoms with Gasteiger partial charge in [-0.05, 0) is 24.3 Å². The van der Waals surface area contributed by atoms with Crippen LogP contribution in [-0.4, -0.2) is 30.4 Å². The summed E-state index contributed by atoms with van der Waals surface area (Å²) >= 11 is 12.5. The van der Waals surface area contributed by atoms with Crippen LogP contribution in [0, 0.1) is 0 Å². The van der Waals surface area contributed by atoms with Crippen molar-refractivity contribution in [3.8, 4) is 0 Å². The Morgan fingerprint density at radius 3 is 2.63 bits per heavy atom. The number of hydrogen-bond acceptors (Lipinski definition) is 4. The summed E-state index contributed by atoms with van der Waals surface area (Å²) in [5, 5.41) is 1.11. The Morgan fingerprint density at radius 2 is 1.89 bits per heavy atom. The summed E-state index contributed by atoms with van der Waals surface area (Å²) < 4.78 is 1.78. The Bertz CT molecular complexity index is 1180. The normalized spacial score (nSPS) is 11.9. The molecule has 1 amide bonds. The Kier molecular flexibility index (Phi) is 4.70. The summed E-state index contributed by atoms with van der Waals surface area (Å²) in [6.45, 7) is 0.376. The third-order valence-corrected chi connectivity index (χ3v) is 4.62. The van der Waals surface area contributed by atoms with E-state index in [9.17, 15) is 4.79 Å². The van der Waals surface area contributed by atoms with Gasteiger partial charge < -0.3 is 9.55 Å². The smallest absolute Gasteiger partial charge is 0.297 e. The number of benzene rings is 1. The summed E-state index contributed by atoms with van der Waals surface area (Å²) in [4.78, 5) is 31.9. The number of rotatable bonds is 3. The molecule has 0 atom stereocenters. The molecule has 1 aromatic carbocycles. The molecule has 4 rings (SSSR count). The molecule has 0 spiro atoms. The van der Waals surface area contributed by atoms with E-state index in [0.29, 0.717) is 27.8 Å². The largest absolute Gasteiger partial charge is 0.340 e. The van der Waals surface area contributed by atoms with Gasteiger partial charge in [-0.3, -0.25) is 9.78 Å². The topological polar surface area (TPSA) is 88.8 Å². The highest BCUT2D eigenvalue weighted by atomic mass is 35.5. The molecule has 0 radical (unpaired) electrons. The maximum absolute atomic E-state index is 12.3. The van der Waals surface area contributed by atoms with Crippen molar-refractivity contribution in [2.24, 2.45) is 4.99 Å². The highest BCUT2D eigenvalue weighted by molar-refractivity contribution is 6.36. The number of H-pyrrole nitrogens is 1. The van der Waals surface area contributed by atoms with Crippen molar-refractivity contribution < 1.29 is 4.79 Å². The minimum atomic E-state index is -0.481. The number of halogens is 2. The molecule has 1 N–H and O–H groups in total. The monoisotopic (exact) mass is 398 g/mol. The fourth-order valence-corrected chi connectivity index (χ4v) is 3.13. The first-order valence-corrected chi connectivity index (χ1v) is 8.70. The number of nitrogens with zero attached hydrogens (tertiary/aromatic N) is 5. The molecule has 0 aliphatic rings. The first-order chi connectivity index (χ1) is 13.1. The second-order valence-corrected chi connectivity index (χ2v) is 6.44. The molecular weight excluding hydrogens is 387 g/mol. The number of aromatic amines is 1. The second kappa shape index (κ2) is 7.30. The van der Waals surface area contributed by atoms with Crippen molar-refractivity contribution in [3.05, 3.63) is 82.0 Å². The first kappa shape index (κ1) is 17.4. The lowest BCUT2D eigenvalue weighted by Crippen LogP contribution is -2.17. The van der Waals surface area contributed by atoms with Crippen LogP contribution in [0.15, 0.2) is 60.2 Å². The molecule has 0 fully saturated rings. The van der Waals surface area contributed by atoms with E-state index >= 15 is 0 Å². The van der Waals surface area contributed by atoms with Crippen LogP contribution in [0.25, 0.3) is 11.2 Å². The Hall–Kier alpha value is -3.03. The van der Waals surface area contributed by atoms with E-state index in [0.717, 1.165) is 5.56 Å². The van der Waals surface area contributed by atoms with Crippen molar-refractivity contribution in [2.45, 2.75) is 6.54 Å². The number of hydrogen-bond donors (Lipinski definition) is 1. The number of aromatic nitrogens is 5. The number of carbonyl (C=O) groups is 1. The second-order valence-electron chi connectivity index (χ2n) is 5.63. The van der Waals surface area contributed by atoms with Crippen molar-refractivity contribution >= 4 is 40.3 Å². The molecule has 3 aromatic heterocycles. The van der Waals surface area contributed by atoms with E-state index in [1.807, 2.05) is 0 Å². The van der Waals surface area contributed by atoms with Gasteiger partial charge in [-0.15, -0.1) is 0 Å². The minimum absolute atomic E-state index is 0.236. The molecule has 3 heterocycles. The molecule has 7 nitrogen and oxygen atoms in total. The highest BCUT2D eigenvalue weighted by Gasteiger charge is 2.12. The summed E-state index contributed by atoms with van der Waals surface area (Å²) in [7, 11) is 0. The average Bonchev–Trinajstić information content (AvgIpc) is 3.17. The maximum atomic E-state index is 12.3. The third-order valence-electron chi connectivity index (χ3n) is 3.92. The van der Waals surface area contributed by atoms with Crippen LogP contribution >= 0.6 is 23.2 Å². The lowest BCUT2D eigenvalue weighted by molar-refractivity contribution is 0.0993. The Labute approximate surface area is 163 Å². The summed E-state index contributed by atoms with van der Waals surface area (Å²) in [5.74, 6) is -0.481. The molecular formula is C18H12Cl2N6O. The van der Waals surface area contributed by atoms with Gasteiger partial charge in [-0.1, -0.05) is 35.3 Å². The van der Waals surface area contributed by atoms with E-state index in [1.165, 1.54) is 12.5 Å². The van der Waals surface area contributed by atoms with E-state index in [1.54, 1.807) is 47.3 Å². The fraction of sp³-hybridized carbons (Fsp3) is 0.0556. The minimum Gasteiger partial charge on any atom is -0.340 e. The van der Waals surface area contributed by atoms with Gasteiger partial charge in [-0.25, -0.2) is 9.97 Å². The van der Waals surface area contributed by atoms with Gasteiger partial charge in [0.25, 0.3) is 5.91 Å². The summed E-state index contributed by atoms with van der Waals surface area (Å²) in [6.07, 6.45) is 4.60. The summed E-state index contributed by atoms with van der Waals surface area (Å²) in [6, 6.07) is 10.4. The van der Waals surface area contributed by atoms with Crippen molar-refractivity contribution in [2.75, 3.05) is 0 Å². The SMILES string of the molecule is O=C(N=c1ncn(Cc2c(Cl)cccc2Cl)c2nc[nH]c12)c1ccccn1. The van der Waals surface area contributed by atoms with Gasteiger partial charge in [0, 0.05) is 21.8 Å². The lowest BCUT2D eigenvalue weighted by atomic mass is 10.2. The molecule has 27 heavy (non-hydrogen) atoms. The lowest BCUT2D eigenvalue weighted by Gasteiger charge is -2.10. The molecule has 0 aliphatic heterocycles. The molecule has 0 unspecified atom stereocenters. The molecule has 0 aliphatic carbocycles. The number of nitrogens with one attached hydrogen (secondary N) is 1. The molecule has 0 bridgehead atoms. The van der Waals surface area contributed by atoms with Gasteiger partial charge >= 0.3 is 0 Å². The molecule has 0 saturated heterocycles. The number of pyridine rings is 1. The number of amides is 1. The van der Waals surface area contributed by atoms with Crippen LogP contribution in [0.2, 0.25) is 10.0 Å². The maximum Gasteiger partial charge on any atom is 0.297 e. The van der Waals surface area contributed by atoms with Crippen molar-refractivity contribution in [1.29, 1.82) is 0 Å². The zero-order chi connectivity index (χ0) is 18.8. The predicted molar refractivity (Wildman–Crippen MR) is 102 cm³/mol. The van der Waals surface area contributed by atoms with Gasteiger partial charge in [0.15, 0.2) is 11.1 Å². The van der Waals surface area contributed by atoms with E-state index in [-0.39, 0.29) is 11.2 Å². The standard InChI is InChI=1S/C18H12Cl2N6O/c19-12-4-3-5-13(20)11(12)8-26-10-24-16(15-17(26)23-9-22-15)25-18(27)14-6-1-2-7-21-14/h1-7,9-10H,8H2,(H,22,23). The van der Waals surface area contributed by atoms with Gasteiger partial charge in [0.1, 0.15) is 11.2 Å². The van der Waals surface area contributed by atoms with E-state index < -0.39 is 5.91 Å². The van der Waals surface area contributed by atoms with Crippen molar-refractivity contribution in [3.63, 3.8) is 0 Å². The Balaban J connectivity index is 1.77. The van der Waals surface area contributed by atoms with Gasteiger partial charge in [0.05, 0.1) is 19.2 Å². The van der Waals surface area contributed by atoms with E-state index in [2.05, 4.69) is 24.9 Å². The number of carbonyl (C=O) groups excluding carboxylic acids is 1. The average molecular weight is 399 g/mol. The van der Waals surface area contributed by atoms with Crippen LogP contribution in [-0.2, 0) is 6.54 Å². The van der Waals surface area contributed by atoms with E-state index in [4.69, 9.17) is 23.2 Å². The number of imidazole rings is 1. The third kappa shape index (κ3) is 3.47. The zero-order valence-corrected chi connectivity index (χ0v) is 15.3. The fourth-order valence-electron chi connectivity index (χ4n) is 2.61. The van der Waals surface area contributed by atoms with Crippen LogP contribution in [0.1, 0.15) is 16.1 Å². The number of fused-ring (bicyclic) bond motifs is 1. The van der Waals surface area contributed by atoms with Crippen molar-refractivity contribution in [1.82, 2.24) is 24.5 Å². The molecule has 0 saturated carbocycles. The molecule has 134 valence electrons. The zero-order valence-electron chi connectivity index (χ0n) is 13.8. The molecule has 4 aromatic rings. The van der Waals surface area contributed by atoms with Crippen LogP contribution in [0.3, 0.4) is 0 Å². The van der Waals surface area contributed by atoms with Crippen LogP contribution < -0.4 is 5.49 Å². The summed E-state index contributed by atoms with van der Waals surface area (Å²) in [5.41, 5.74) is 2.34. The van der Waals surface area contributed by atoms with Crippen LogP contribution in [0.5, 0.6) is 0 Å². The highest BCUT2D eigenvalue weighted by Crippen LogP contribution is 2.25. The van der Waals surface area contributed by atoms with Gasteiger partial charge in [0.2, 0.25) is 0 Å². The quantitative estimate of drug-likeness (QED) is 0.573. The van der Waals surface area contributed by atoms with Gasteiger partial charge in [-0.2, -0.15) is 4.99 Å². The van der Waals surface area contributed by atoms with Crippen LogP contribution in [0.4, 0.5) is 0 Å². The molecule has 9 heteroatoms. The Morgan fingerprint density at radius 1 is 1.07 bits per heavy atom. The predicted octanol–water partition coefficient (Wildman–Crippen LogP) is 3.25. The first-order valence-electron chi connectivity index (χ1n) is 7.95.